The van der Waals surface area contributed by atoms with Gasteiger partial charge in [-0.25, -0.2) is 4.98 Å². The predicted octanol–water partition coefficient (Wildman–Crippen LogP) is 3.07. The third-order valence-electron chi connectivity index (χ3n) is 2.75. The first kappa shape index (κ1) is 13.8. The minimum atomic E-state index is 0.440. The molecule has 106 valence electrons. The average molecular weight is 321 g/mol. The van der Waals surface area contributed by atoms with Crippen LogP contribution in [0.3, 0.4) is 0 Å². The van der Waals surface area contributed by atoms with Gasteiger partial charge in [0.2, 0.25) is 11.9 Å². The van der Waals surface area contributed by atoms with Crippen LogP contribution in [-0.4, -0.2) is 31.6 Å². The molecule has 1 N–H and O–H groups in total. The molecule has 0 spiro atoms. The molecule has 8 heteroatoms. The summed E-state index contributed by atoms with van der Waals surface area (Å²) < 4.78 is 1.69. The fourth-order valence-corrected chi connectivity index (χ4v) is 2.25. The Morgan fingerprint density at radius 1 is 1.14 bits per heavy atom. The maximum absolute atomic E-state index is 6.21. The van der Waals surface area contributed by atoms with Gasteiger partial charge in [0.05, 0.1) is 5.02 Å². The fraction of sp³-hybridized carbons (Fsp3) is 0.0769. The number of aromatic nitrogens is 5. The number of hydrogen-bond acceptors (Lipinski definition) is 5. The molecule has 0 amide bonds. The highest BCUT2D eigenvalue weighted by Crippen LogP contribution is 2.28. The summed E-state index contributed by atoms with van der Waals surface area (Å²) >= 11 is 12.1. The first-order chi connectivity index (χ1) is 10.2. The monoisotopic (exact) mass is 320 g/mol. The van der Waals surface area contributed by atoms with Gasteiger partial charge < -0.3 is 5.32 Å². The first-order valence-corrected chi connectivity index (χ1v) is 6.80. The molecule has 21 heavy (non-hydrogen) atoms. The lowest BCUT2D eigenvalue weighted by atomic mass is 10.2. The second-order valence-electron chi connectivity index (χ2n) is 4.13. The number of rotatable bonds is 3. The lowest BCUT2D eigenvalue weighted by Gasteiger charge is -2.08. The molecule has 0 aliphatic carbocycles. The average Bonchev–Trinajstić information content (AvgIpc) is 3.01. The van der Waals surface area contributed by atoms with Gasteiger partial charge in [-0.05, 0) is 18.2 Å². The van der Waals surface area contributed by atoms with Crippen molar-refractivity contribution in [3.63, 3.8) is 0 Å². The molecule has 3 rings (SSSR count). The molecule has 2 heterocycles. The van der Waals surface area contributed by atoms with E-state index in [1.807, 2.05) is 0 Å². The molecule has 0 atom stereocenters. The van der Waals surface area contributed by atoms with Crippen molar-refractivity contribution in [2.24, 2.45) is 0 Å². The molecule has 6 nitrogen and oxygen atoms in total. The van der Waals surface area contributed by atoms with Crippen LogP contribution in [0.4, 0.5) is 5.95 Å². The van der Waals surface area contributed by atoms with Gasteiger partial charge in [0.1, 0.15) is 6.33 Å². The zero-order chi connectivity index (χ0) is 14.8. The summed E-state index contributed by atoms with van der Waals surface area (Å²) in [6, 6.07) is 5.16. The van der Waals surface area contributed by atoms with Crippen LogP contribution in [0, 0.1) is 0 Å². The number of imidazole rings is 1. The standard InChI is InChI=1S/C13H10Cl2N6/c1-16-12-18-11(9-3-2-8(14)6-10(9)15)19-13(20-12)21-5-4-17-7-21/h2-7H,1H3,(H,16,18,19,20). The van der Waals surface area contributed by atoms with E-state index in [0.29, 0.717) is 33.3 Å². The zero-order valence-corrected chi connectivity index (χ0v) is 12.5. The van der Waals surface area contributed by atoms with Gasteiger partial charge in [-0.3, -0.25) is 4.57 Å². The number of halogens is 2. The van der Waals surface area contributed by atoms with E-state index in [1.165, 1.54) is 0 Å². The Balaban J connectivity index is 2.16. The quantitative estimate of drug-likeness (QED) is 0.803. The van der Waals surface area contributed by atoms with Crippen molar-refractivity contribution in [3.05, 3.63) is 47.0 Å². The Hall–Kier alpha value is -2.18. The maximum Gasteiger partial charge on any atom is 0.240 e. The van der Waals surface area contributed by atoms with E-state index < -0.39 is 0 Å². The van der Waals surface area contributed by atoms with E-state index in [0.717, 1.165) is 0 Å². The number of nitrogens with one attached hydrogen (secondary N) is 1. The predicted molar refractivity (Wildman–Crippen MR) is 82.0 cm³/mol. The molecule has 1 aromatic carbocycles. The number of hydrogen-bond donors (Lipinski definition) is 1. The molecular weight excluding hydrogens is 311 g/mol. The smallest absolute Gasteiger partial charge is 0.240 e. The van der Waals surface area contributed by atoms with Gasteiger partial charge in [-0.2, -0.15) is 15.0 Å². The van der Waals surface area contributed by atoms with Crippen molar-refractivity contribution in [1.82, 2.24) is 24.5 Å². The molecule has 0 aliphatic heterocycles. The van der Waals surface area contributed by atoms with Crippen LogP contribution in [0.15, 0.2) is 36.9 Å². The lowest BCUT2D eigenvalue weighted by Crippen LogP contribution is -2.07. The van der Waals surface area contributed by atoms with Gasteiger partial charge in [-0.15, -0.1) is 0 Å². The molecule has 2 aromatic heterocycles. The summed E-state index contributed by atoms with van der Waals surface area (Å²) in [6.45, 7) is 0. The van der Waals surface area contributed by atoms with Crippen molar-refractivity contribution in [3.8, 4) is 17.3 Å². The van der Waals surface area contributed by atoms with Gasteiger partial charge in [0.25, 0.3) is 0 Å². The van der Waals surface area contributed by atoms with E-state index in [1.54, 1.807) is 48.5 Å². The van der Waals surface area contributed by atoms with Crippen molar-refractivity contribution in [2.75, 3.05) is 12.4 Å². The van der Waals surface area contributed by atoms with E-state index in [4.69, 9.17) is 23.2 Å². The fourth-order valence-electron chi connectivity index (χ4n) is 1.76. The summed E-state index contributed by atoms with van der Waals surface area (Å²) in [5.41, 5.74) is 0.682. The van der Waals surface area contributed by atoms with E-state index >= 15 is 0 Å². The number of anilines is 1. The second kappa shape index (κ2) is 5.67. The van der Waals surface area contributed by atoms with E-state index in [-0.39, 0.29) is 0 Å². The minimum Gasteiger partial charge on any atom is -0.357 e. The molecule has 0 fully saturated rings. The highest BCUT2D eigenvalue weighted by molar-refractivity contribution is 6.36. The third kappa shape index (κ3) is 2.81. The van der Waals surface area contributed by atoms with Crippen LogP contribution < -0.4 is 5.32 Å². The van der Waals surface area contributed by atoms with E-state index in [9.17, 15) is 0 Å². The largest absolute Gasteiger partial charge is 0.357 e. The SMILES string of the molecule is CNc1nc(-c2ccc(Cl)cc2Cl)nc(-n2ccnc2)n1. The Kier molecular flexibility index (Phi) is 3.72. The number of benzene rings is 1. The van der Waals surface area contributed by atoms with Crippen LogP contribution >= 0.6 is 23.2 Å². The molecule has 0 unspecified atom stereocenters. The zero-order valence-electron chi connectivity index (χ0n) is 11.0. The van der Waals surface area contributed by atoms with Crippen LogP contribution in [0.2, 0.25) is 10.0 Å². The number of nitrogens with zero attached hydrogens (tertiary/aromatic N) is 5. The van der Waals surface area contributed by atoms with Crippen LogP contribution in [-0.2, 0) is 0 Å². The highest BCUT2D eigenvalue weighted by Gasteiger charge is 2.12. The second-order valence-corrected chi connectivity index (χ2v) is 4.97. The molecular formula is C13H10Cl2N6. The molecule has 0 saturated heterocycles. The molecule has 0 saturated carbocycles. The first-order valence-electron chi connectivity index (χ1n) is 6.05. The van der Waals surface area contributed by atoms with Crippen molar-refractivity contribution in [2.45, 2.75) is 0 Å². The van der Waals surface area contributed by atoms with Crippen LogP contribution in [0.1, 0.15) is 0 Å². The Morgan fingerprint density at radius 3 is 2.67 bits per heavy atom. The minimum absolute atomic E-state index is 0.440. The van der Waals surface area contributed by atoms with Crippen molar-refractivity contribution < 1.29 is 0 Å². The summed E-state index contributed by atoms with van der Waals surface area (Å²) in [4.78, 5) is 17.0. The van der Waals surface area contributed by atoms with Crippen molar-refractivity contribution in [1.29, 1.82) is 0 Å². The normalized spacial score (nSPS) is 10.6. The van der Waals surface area contributed by atoms with Crippen molar-refractivity contribution >= 4 is 29.2 Å². The maximum atomic E-state index is 6.21. The summed E-state index contributed by atoms with van der Waals surface area (Å²) in [7, 11) is 1.74. The summed E-state index contributed by atoms with van der Waals surface area (Å²) in [5, 5.41) is 3.94. The Labute approximate surface area is 130 Å². The highest BCUT2D eigenvalue weighted by atomic mass is 35.5. The summed E-state index contributed by atoms with van der Waals surface area (Å²) in [5.74, 6) is 1.35. The Morgan fingerprint density at radius 2 is 2.00 bits per heavy atom. The van der Waals surface area contributed by atoms with E-state index in [2.05, 4.69) is 25.3 Å². The van der Waals surface area contributed by atoms with Gasteiger partial charge in [-0.1, -0.05) is 23.2 Å². The lowest BCUT2D eigenvalue weighted by molar-refractivity contribution is 0.902. The molecule has 0 radical (unpaired) electrons. The van der Waals surface area contributed by atoms with Gasteiger partial charge in [0, 0.05) is 30.0 Å². The molecule has 3 aromatic rings. The van der Waals surface area contributed by atoms with Crippen LogP contribution in [0.5, 0.6) is 0 Å². The summed E-state index contributed by atoms with van der Waals surface area (Å²) in [6.07, 6.45) is 5.02. The molecule has 0 aliphatic rings. The van der Waals surface area contributed by atoms with Gasteiger partial charge >= 0.3 is 0 Å². The Bertz CT molecular complexity index is 772. The third-order valence-corrected chi connectivity index (χ3v) is 3.30. The van der Waals surface area contributed by atoms with Gasteiger partial charge in [0.15, 0.2) is 5.82 Å². The van der Waals surface area contributed by atoms with Crippen LogP contribution in [0.25, 0.3) is 17.3 Å². The molecule has 0 bridgehead atoms. The topological polar surface area (TPSA) is 68.5 Å².